The zero-order valence-corrected chi connectivity index (χ0v) is 9.87. The van der Waals surface area contributed by atoms with E-state index in [9.17, 15) is 0 Å². The Balaban J connectivity index is 2.22. The molecule has 1 heterocycles. The Morgan fingerprint density at radius 1 is 1.44 bits per heavy atom. The number of imidazole rings is 1. The molecule has 0 atom stereocenters. The minimum Gasteiger partial charge on any atom is -0.497 e. The van der Waals surface area contributed by atoms with E-state index in [1.807, 2.05) is 18.2 Å². The Hall–Kier alpha value is -1.55. The van der Waals surface area contributed by atoms with Gasteiger partial charge in [0.25, 0.3) is 0 Å². The number of methoxy groups -OCH3 is 1. The summed E-state index contributed by atoms with van der Waals surface area (Å²) >= 11 is 0. The van der Waals surface area contributed by atoms with Crippen molar-refractivity contribution in [2.45, 2.75) is 26.4 Å². The van der Waals surface area contributed by atoms with Crippen molar-refractivity contribution in [3.05, 3.63) is 24.0 Å². The first-order chi connectivity index (χ1) is 7.69. The van der Waals surface area contributed by atoms with Crippen molar-refractivity contribution in [2.75, 3.05) is 7.11 Å². The fourth-order valence-corrected chi connectivity index (χ4v) is 1.55. The molecule has 0 fully saturated rings. The maximum atomic E-state index is 5.17. The smallest absolute Gasteiger partial charge is 0.121 e. The van der Waals surface area contributed by atoms with Crippen LogP contribution in [0.5, 0.6) is 5.75 Å². The van der Waals surface area contributed by atoms with E-state index in [1.54, 1.807) is 7.11 Å². The van der Waals surface area contributed by atoms with Gasteiger partial charge in [0, 0.05) is 12.1 Å². The molecule has 0 amide bonds. The fourth-order valence-electron chi connectivity index (χ4n) is 1.55. The van der Waals surface area contributed by atoms with Crippen molar-refractivity contribution < 1.29 is 4.74 Å². The third-order valence-corrected chi connectivity index (χ3v) is 2.42. The van der Waals surface area contributed by atoms with E-state index in [2.05, 4.69) is 29.1 Å². The molecule has 0 bridgehead atoms. The summed E-state index contributed by atoms with van der Waals surface area (Å²) in [4.78, 5) is 7.76. The van der Waals surface area contributed by atoms with Crippen LogP contribution in [0.15, 0.2) is 18.2 Å². The Labute approximate surface area is 95.0 Å². The average molecular weight is 219 g/mol. The summed E-state index contributed by atoms with van der Waals surface area (Å²) in [5.74, 6) is 1.80. The largest absolute Gasteiger partial charge is 0.497 e. The lowest BCUT2D eigenvalue weighted by Gasteiger charge is -2.04. The van der Waals surface area contributed by atoms with Crippen molar-refractivity contribution in [2.24, 2.45) is 0 Å². The van der Waals surface area contributed by atoms with E-state index in [1.165, 1.54) is 0 Å². The van der Waals surface area contributed by atoms with Crippen molar-refractivity contribution in [1.82, 2.24) is 15.3 Å². The zero-order chi connectivity index (χ0) is 11.5. The quantitative estimate of drug-likeness (QED) is 0.827. The molecular weight excluding hydrogens is 202 g/mol. The standard InChI is InChI=1S/C12H17N3O/c1-8(2)13-7-12-14-10-5-4-9(16-3)6-11(10)15-12/h4-6,8,13H,7H2,1-3H3,(H,14,15). The number of nitrogens with one attached hydrogen (secondary N) is 2. The van der Waals surface area contributed by atoms with Gasteiger partial charge in [-0.25, -0.2) is 4.98 Å². The molecule has 0 saturated carbocycles. The van der Waals surface area contributed by atoms with E-state index >= 15 is 0 Å². The van der Waals surface area contributed by atoms with Gasteiger partial charge in [-0.2, -0.15) is 0 Å². The molecule has 0 aliphatic rings. The Bertz CT molecular complexity index is 476. The van der Waals surface area contributed by atoms with Gasteiger partial charge in [-0.05, 0) is 12.1 Å². The first kappa shape index (κ1) is 11.0. The summed E-state index contributed by atoms with van der Waals surface area (Å²) in [6.45, 7) is 4.99. The third-order valence-electron chi connectivity index (χ3n) is 2.42. The summed E-state index contributed by atoms with van der Waals surface area (Å²) in [6.07, 6.45) is 0. The summed E-state index contributed by atoms with van der Waals surface area (Å²) < 4.78 is 5.17. The number of hydrogen-bond acceptors (Lipinski definition) is 3. The topological polar surface area (TPSA) is 49.9 Å². The van der Waals surface area contributed by atoms with Crippen LogP contribution in [0.25, 0.3) is 11.0 Å². The molecule has 0 saturated heterocycles. The molecule has 2 aromatic rings. The van der Waals surface area contributed by atoms with E-state index in [4.69, 9.17) is 4.74 Å². The number of aromatic nitrogens is 2. The van der Waals surface area contributed by atoms with Gasteiger partial charge in [0.2, 0.25) is 0 Å². The molecule has 0 aliphatic carbocycles. The van der Waals surface area contributed by atoms with Crippen LogP contribution in [0.1, 0.15) is 19.7 Å². The Morgan fingerprint density at radius 3 is 2.94 bits per heavy atom. The van der Waals surface area contributed by atoms with Gasteiger partial charge in [-0.1, -0.05) is 13.8 Å². The molecule has 0 aliphatic heterocycles. The number of nitrogens with zero attached hydrogens (tertiary/aromatic N) is 1. The predicted molar refractivity (Wildman–Crippen MR) is 64.6 cm³/mol. The van der Waals surface area contributed by atoms with Crippen LogP contribution in [0.3, 0.4) is 0 Å². The lowest BCUT2D eigenvalue weighted by Crippen LogP contribution is -2.22. The monoisotopic (exact) mass is 219 g/mol. The van der Waals surface area contributed by atoms with Crippen molar-refractivity contribution >= 4 is 11.0 Å². The normalized spacial score (nSPS) is 11.2. The van der Waals surface area contributed by atoms with Gasteiger partial charge in [0.1, 0.15) is 11.6 Å². The second kappa shape index (κ2) is 4.53. The highest BCUT2D eigenvalue weighted by Gasteiger charge is 2.04. The second-order valence-corrected chi connectivity index (χ2v) is 4.10. The van der Waals surface area contributed by atoms with Crippen LogP contribution in [0, 0.1) is 0 Å². The summed E-state index contributed by atoms with van der Waals surface area (Å²) in [5, 5.41) is 3.33. The average Bonchev–Trinajstić information content (AvgIpc) is 2.67. The zero-order valence-electron chi connectivity index (χ0n) is 9.87. The molecule has 0 spiro atoms. The van der Waals surface area contributed by atoms with Crippen LogP contribution in [0.4, 0.5) is 0 Å². The van der Waals surface area contributed by atoms with E-state index in [0.717, 1.165) is 29.2 Å². The molecule has 1 aromatic heterocycles. The molecule has 1 aromatic carbocycles. The van der Waals surface area contributed by atoms with Crippen molar-refractivity contribution in [3.63, 3.8) is 0 Å². The number of benzene rings is 1. The highest BCUT2D eigenvalue weighted by atomic mass is 16.5. The van der Waals surface area contributed by atoms with E-state index < -0.39 is 0 Å². The molecule has 0 unspecified atom stereocenters. The second-order valence-electron chi connectivity index (χ2n) is 4.10. The highest BCUT2D eigenvalue weighted by molar-refractivity contribution is 5.76. The summed E-state index contributed by atoms with van der Waals surface area (Å²) in [5.41, 5.74) is 1.99. The van der Waals surface area contributed by atoms with Crippen LogP contribution in [-0.2, 0) is 6.54 Å². The number of fused-ring (bicyclic) bond motifs is 1. The molecule has 4 nitrogen and oxygen atoms in total. The third kappa shape index (κ3) is 2.33. The Kier molecular flexibility index (Phi) is 3.10. The van der Waals surface area contributed by atoms with E-state index in [-0.39, 0.29) is 0 Å². The van der Waals surface area contributed by atoms with Crippen LogP contribution >= 0.6 is 0 Å². The minimum absolute atomic E-state index is 0.461. The van der Waals surface area contributed by atoms with Crippen molar-refractivity contribution in [1.29, 1.82) is 0 Å². The van der Waals surface area contributed by atoms with Crippen LogP contribution in [-0.4, -0.2) is 23.1 Å². The van der Waals surface area contributed by atoms with Crippen LogP contribution in [0.2, 0.25) is 0 Å². The van der Waals surface area contributed by atoms with E-state index in [0.29, 0.717) is 6.04 Å². The molecule has 4 heteroatoms. The lowest BCUT2D eigenvalue weighted by molar-refractivity contribution is 0.415. The van der Waals surface area contributed by atoms with Gasteiger partial charge in [0.05, 0.1) is 24.7 Å². The molecule has 0 radical (unpaired) electrons. The maximum absolute atomic E-state index is 5.17. The molecule has 2 rings (SSSR count). The van der Waals surface area contributed by atoms with Gasteiger partial charge in [-0.3, -0.25) is 0 Å². The van der Waals surface area contributed by atoms with Gasteiger partial charge < -0.3 is 15.0 Å². The SMILES string of the molecule is COc1ccc2nc(CNC(C)C)[nH]c2c1. The number of ether oxygens (including phenoxy) is 1. The van der Waals surface area contributed by atoms with Gasteiger partial charge in [-0.15, -0.1) is 0 Å². The molecular formula is C12H17N3O. The van der Waals surface area contributed by atoms with Crippen LogP contribution < -0.4 is 10.1 Å². The number of rotatable bonds is 4. The number of aromatic amines is 1. The van der Waals surface area contributed by atoms with Gasteiger partial charge >= 0.3 is 0 Å². The summed E-state index contributed by atoms with van der Waals surface area (Å²) in [6, 6.07) is 6.30. The highest BCUT2D eigenvalue weighted by Crippen LogP contribution is 2.18. The Morgan fingerprint density at radius 2 is 2.25 bits per heavy atom. The number of hydrogen-bond donors (Lipinski definition) is 2. The van der Waals surface area contributed by atoms with Crippen molar-refractivity contribution in [3.8, 4) is 5.75 Å². The minimum atomic E-state index is 0.461. The summed E-state index contributed by atoms with van der Waals surface area (Å²) in [7, 11) is 1.67. The first-order valence-corrected chi connectivity index (χ1v) is 5.45. The predicted octanol–water partition coefficient (Wildman–Crippen LogP) is 2.07. The molecule has 16 heavy (non-hydrogen) atoms. The molecule has 2 N–H and O–H groups in total. The maximum Gasteiger partial charge on any atom is 0.121 e. The first-order valence-electron chi connectivity index (χ1n) is 5.45. The molecule has 86 valence electrons. The lowest BCUT2D eigenvalue weighted by atomic mass is 10.3. The fraction of sp³-hybridized carbons (Fsp3) is 0.417. The number of H-pyrrole nitrogens is 1. The van der Waals surface area contributed by atoms with Gasteiger partial charge in [0.15, 0.2) is 0 Å².